The number of piperazine rings is 1. The fourth-order valence-corrected chi connectivity index (χ4v) is 5.65. The number of benzene rings is 1. The maximum atomic E-state index is 14.6. The van der Waals surface area contributed by atoms with E-state index >= 15 is 0 Å². The van der Waals surface area contributed by atoms with Crippen molar-refractivity contribution >= 4 is 23.8 Å². The van der Waals surface area contributed by atoms with E-state index in [2.05, 4.69) is 9.80 Å². The van der Waals surface area contributed by atoms with Crippen molar-refractivity contribution in [2.75, 3.05) is 64.4 Å². The number of morpholine rings is 1. The Morgan fingerprint density at radius 1 is 1.12 bits per heavy atom. The lowest BCUT2D eigenvalue weighted by atomic mass is 9.88. The van der Waals surface area contributed by atoms with E-state index in [9.17, 15) is 24.2 Å². The van der Waals surface area contributed by atoms with Crippen LogP contribution in [0.5, 0.6) is 0 Å². The van der Waals surface area contributed by atoms with Gasteiger partial charge in [-0.2, -0.15) is 0 Å². The van der Waals surface area contributed by atoms with Crippen LogP contribution in [0.25, 0.3) is 6.08 Å². The molecular weight excluding hydrogens is 557 g/mol. The number of aliphatic hydroxyl groups is 2. The van der Waals surface area contributed by atoms with Crippen molar-refractivity contribution in [2.24, 2.45) is 5.92 Å². The van der Waals surface area contributed by atoms with Crippen molar-refractivity contribution < 1.29 is 38.4 Å². The summed E-state index contributed by atoms with van der Waals surface area (Å²) in [5, 5.41) is 21.9. The van der Waals surface area contributed by atoms with Crippen LogP contribution in [0, 0.1) is 11.7 Å². The second-order valence-electron chi connectivity index (χ2n) is 12.2. The van der Waals surface area contributed by atoms with Crippen molar-refractivity contribution in [1.29, 1.82) is 0 Å². The summed E-state index contributed by atoms with van der Waals surface area (Å²) in [7, 11) is 1.99. The van der Waals surface area contributed by atoms with E-state index in [0.29, 0.717) is 50.5 Å². The topological polar surface area (TPSA) is 112 Å². The third-order valence-corrected chi connectivity index (χ3v) is 8.44. The number of hydrogen-bond acceptors (Lipinski definition) is 9. The lowest BCUT2D eigenvalue weighted by Crippen LogP contribution is -2.50. The number of aliphatic hydroxyl groups excluding tert-OH is 1. The van der Waals surface area contributed by atoms with Crippen LogP contribution in [0.4, 0.5) is 14.9 Å². The SMILES string of the molecule is C/C(=C\c1cc(F)cc(N2CCOCC2)c1)[C@H]1OC(=O)C[C@@H](O)CC[C@@](C)(O)[C@@H](OC(=O)N2CCN(C)CC2)/C=C/[C@@H]1C. The van der Waals surface area contributed by atoms with Gasteiger partial charge in [0, 0.05) is 50.9 Å². The molecule has 3 aliphatic rings. The number of carbonyl (C=O) groups excluding carboxylic acids is 2. The average Bonchev–Trinajstić information content (AvgIpc) is 2.96. The number of carbonyl (C=O) groups is 2. The molecule has 0 aliphatic carbocycles. The minimum absolute atomic E-state index is 0.105. The molecule has 1 aromatic rings. The molecule has 0 radical (unpaired) electrons. The van der Waals surface area contributed by atoms with Crippen LogP contribution in [0.1, 0.15) is 45.6 Å². The molecule has 2 saturated heterocycles. The lowest BCUT2D eigenvalue weighted by molar-refractivity contribution is -0.151. The fraction of sp³-hybridized carbons (Fsp3) is 0.625. The second kappa shape index (κ2) is 14.7. The highest BCUT2D eigenvalue weighted by atomic mass is 19.1. The zero-order valence-corrected chi connectivity index (χ0v) is 25.7. The molecule has 5 atom stereocenters. The summed E-state index contributed by atoms with van der Waals surface area (Å²) in [5.74, 6) is -1.34. The molecule has 0 spiro atoms. The highest BCUT2D eigenvalue weighted by Crippen LogP contribution is 2.29. The van der Waals surface area contributed by atoms with Crippen molar-refractivity contribution in [1.82, 2.24) is 9.80 Å². The first-order chi connectivity index (χ1) is 20.4. The molecule has 43 heavy (non-hydrogen) atoms. The van der Waals surface area contributed by atoms with Crippen LogP contribution in [-0.4, -0.2) is 116 Å². The Labute approximate surface area is 253 Å². The van der Waals surface area contributed by atoms with Crippen LogP contribution in [0.15, 0.2) is 35.9 Å². The molecule has 0 bridgehead atoms. The number of amides is 1. The third-order valence-electron chi connectivity index (χ3n) is 8.44. The minimum Gasteiger partial charge on any atom is -0.457 e. The zero-order valence-electron chi connectivity index (χ0n) is 25.7. The van der Waals surface area contributed by atoms with E-state index in [4.69, 9.17) is 14.2 Å². The Bertz CT molecular complexity index is 1180. The molecule has 1 aromatic carbocycles. The Hall–Kier alpha value is -2.99. The number of halogens is 1. The number of rotatable bonds is 4. The monoisotopic (exact) mass is 603 g/mol. The average molecular weight is 604 g/mol. The Morgan fingerprint density at radius 3 is 2.51 bits per heavy atom. The number of hydrogen-bond donors (Lipinski definition) is 2. The van der Waals surface area contributed by atoms with Gasteiger partial charge in [0.25, 0.3) is 0 Å². The Morgan fingerprint density at radius 2 is 1.81 bits per heavy atom. The van der Waals surface area contributed by atoms with Gasteiger partial charge in [0.15, 0.2) is 6.10 Å². The van der Waals surface area contributed by atoms with Gasteiger partial charge in [-0.05, 0) is 69.1 Å². The van der Waals surface area contributed by atoms with E-state index in [1.165, 1.54) is 12.1 Å². The van der Waals surface area contributed by atoms with Gasteiger partial charge >= 0.3 is 12.1 Å². The number of ether oxygens (including phenoxy) is 3. The fourth-order valence-electron chi connectivity index (χ4n) is 5.65. The maximum Gasteiger partial charge on any atom is 0.410 e. The Balaban J connectivity index is 1.59. The third kappa shape index (κ3) is 9.25. The minimum atomic E-state index is -1.49. The van der Waals surface area contributed by atoms with Gasteiger partial charge in [0.2, 0.25) is 0 Å². The summed E-state index contributed by atoms with van der Waals surface area (Å²) in [4.78, 5) is 31.7. The molecule has 0 aromatic heterocycles. The standard InChI is InChI=1S/C32H46FN3O7/c1-22-5-6-28(42-31(39)36-11-9-34(4)10-12-36)32(3,40)8-7-27(37)21-29(38)43-30(22)23(2)17-24-18-25(33)20-26(19-24)35-13-15-41-16-14-35/h5-6,17-20,22,27-28,30,37,40H,7-16,21H2,1-4H3/b6-5+,23-17+/t22-,27-,28-,30-,32+/m0/s1. The summed E-state index contributed by atoms with van der Waals surface area (Å²) < 4.78 is 31.8. The molecular formula is C32H46FN3O7. The van der Waals surface area contributed by atoms with Gasteiger partial charge in [-0.15, -0.1) is 0 Å². The number of cyclic esters (lactones) is 1. The largest absolute Gasteiger partial charge is 0.457 e. The molecule has 1 amide bonds. The molecule has 3 heterocycles. The Kier molecular flexibility index (Phi) is 11.2. The van der Waals surface area contributed by atoms with Gasteiger partial charge in [-0.3, -0.25) is 4.79 Å². The summed E-state index contributed by atoms with van der Waals surface area (Å²) in [6.07, 6.45) is 1.88. The maximum absolute atomic E-state index is 14.6. The summed E-state index contributed by atoms with van der Waals surface area (Å²) >= 11 is 0. The number of esters is 1. The van der Waals surface area contributed by atoms with E-state index in [1.54, 1.807) is 30.1 Å². The molecule has 10 nitrogen and oxygen atoms in total. The number of nitrogens with zero attached hydrogens (tertiary/aromatic N) is 3. The van der Waals surface area contributed by atoms with Crippen LogP contribution in [0.3, 0.4) is 0 Å². The second-order valence-corrected chi connectivity index (χ2v) is 12.2. The van der Waals surface area contributed by atoms with Gasteiger partial charge in [-0.25, -0.2) is 9.18 Å². The predicted octanol–water partition coefficient (Wildman–Crippen LogP) is 3.22. The van der Waals surface area contributed by atoms with E-state index in [-0.39, 0.29) is 25.1 Å². The van der Waals surface area contributed by atoms with Gasteiger partial charge in [0.05, 0.1) is 25.7 Å². The number of likely N-dealkylation sites (N-methyl/N-ethyl adjacent to an activating group) is 1. The normalized spacial score (nSPS) is 31.0. The summed E-state index contributed by atoms with van der Waals surface area (Å²) in [6, 6.07) is 4.82. The van der Waals surface area contributed by atoms with Crippen molar-refractivity contribution in [3.63, 3.8) is 0 Å². The first kappa shape index (κ1) is 32.9. The smallest absolute Gasteiger partial charge is 0.410 e. The van der Waals surface area contributed by atoms with Crippen LogP contribution >= 0.6 is 0 Å². The van der Waals surface area contributed by atoms with Crippen LogP contribution < -0.4 is 4.90 Å². The predicted molar refractivity (Wildman–Crippen MR) is 161 cm³/mol. The van der Waals surface area contributed by atoms with Gasteiger partial charge in [-0.1, -0.05) is 19.1 Å². The first-order valence-corrected chi connectivity index (χ1v) is 15.1. The van der Waals surface area contributed by atoms with Crippen LogP contribution in [-0.2, 0) is 19.0 Å². The highest BCUT2D eigenvalue weighted by molar-refractivity contribution is 5.71. The summed E-state index contributed by atoms with van der Waals surface area (Å²) in [5.41, 5.74) is 0.564. The zero-order chi connectivity index (χ0) is 31.1. The highest BCUT2D eigenvalue weighted by Gasteiger charge is 2.36. The van der Waals surface area contributed by atoms with Crippen molar-refractivity contribution in [3.05, 3.63) is 47.3 Å². The molecule has 11 heteroatoms. The first-order valence-electron chi connectivity index (χ1n) is 15.1. The molecule has 2 fully saturated rings. The molecule has 0 saturated carbocycles. The van der Waals surface area contributed by atoms with Crippen LogP contribution in [0.2, 0.25) is 0 Å². The lowest BCUT2D eigenvalue weighted by Gasteiger charge is -2.36. The van der Waals surface area contributed by atoms with Crippen molar-refractivity contribution in [2.45, 2.75) is 63.9 Å². The van der Waals surface area contributed by atoms with E-state index in [1.807, 2.05) is 27.0 Å². The van der Waals surface area contributed by atoms with Crippen molar-refractivity contribution in [3.8, 4) is 0 Å². The molecule has 0 unspecified atom stereocenters. The van der Waals surface area contributed by atoms with Gasteiger partial charge < -0.3 is 39.1 Å². The molecule has 3 aliphatic heterocycles. The molecule has 238 valence electrons. The molecule has 4 rings (SSSR count). The van der Waals surface area contributed by atoms with E-state index in [0.717, 1.165) is 18.8 Å². The van der Waals surface area contributed by atoms with Gasteiger partial charge in [0.1, 0.15) is 17.5 Å². The molecule has 2 N–H and O–H groups in total. The summed E-state index contributed by atoms with van der Waals surface area (Å²) in [6.45, 7) is 10.2. The number of anilines is 1. The van der Waals surface area contributed by atoms with E-state index < -0.39 is 41.9 Å². The quantitative estimate of drug-likeness (QED) is 0.396.